The molecule has 0 aliphatic rings. The Labute approximate surface area is 140 Å². The lowest BCUT2D eigenvalue weighted by Crippen LogP contribution is -2.28. The average molecular weight is 336 g/mol. The topological polar surface area (TPSA) is 38.3 Å². The average Bonchev–Trinajstić information content (AvgIpc) is 2.51. The van der Waals surface area contributed by atoms with Crippen LogP contribution in [-0.4, -0.2) is 19.1 Å². The first-order valence-electron chi connectivity index (χ1n) is 7.44. The van der Waals surface area contributed by atoms with Crippen molar-refractivity contribution in [1.29, 1.82) is 0 Å². The highest BCUT2D eigenvalue weighted by atomic mass is 35.5. The van der Waals surface area contributed by atoms with E-state index in [4.69, 9.17) is 16.3 Å². The molecule has 1 N–H and O–H groups in total. The van der Waals surface area contributed by atoms with Gasteiger partial charge in [0.25, 0.3) is 5.91 Å². The third-order valence-corrected chi connectivity index (χ3v) is 3.60. The third-order valence-electron chi connectivity index (χ3n) is 3.36. The van der Waals surface area contributed by atoms with E-state index in [0.717, 1.165) is 17.4 Å². The SMILES string of the molecule is CC(C)c1ccccc1OCCNC(=O)c1ccc(Cl)cc1F. The molecule has 0 aliphatic heterocycles. The fourth-order valence-electron chi connectivity index (χ4n) is 2.18. The molecule has 0 bridgehead atoms. The van der Waals surface area contributed by atoms with Gasteiger partial charge in [-0.15, -0.1) is 0 Å². The Morgan fingerprint density at radius 3 is 2.70 bits per heavy atom. The predicted molar refractivity (Wildman–Crippen MR) is 89.8 cm³/mol. The molecular formula is C18H19ClFNO2. The molecule has 0 aromatic heterocycles. The highest BCUT2D eigenvalue weighted by Crippen LogP contribution is 2.25. The maximum Gasteiger partial charge on any atom is 0.254 e. The summed E-state index contributed by atoms with van der Waals surface area (Å²) in [4.78, 5) is 11.9. The molecule has 2 aromatic rings. The Morgan fingerprint density at radius 2 is 2.00 bits per heavy atom. The van der Waals surface area contributed by atoms with Crippen molar-refractivity contribution in [3.8, 4) is 5.75 Å². The fraction of sp³-hybridized carbons (Fsp3) is 0.278. The van der Waals surface area contributed by atoms with Crippen LogP contribution >= 0.6 is 11.6 Å². The third kappa shape index (κ3) is 4.70. The van der Waals surface area contributed by atoms with Gasteiger partial charge in [0.2, 0.25) is 0 Å². The number of hydrogen-bond acceptors (Lipinski definition) is 2. The van der Waals surface area contributed by atoms with E-state index >= 15 is 0 Å². The molecule has 23 heavy (non-hydrogen) atoms. The first-order valence-corrected chi connectivity index (χ1v) is 7.82. The minimum Gasteiger partial charge on any atom is -0.491 e. The van der Waals surface area contributed by atoms with Crippen LogP contribution in [0.3, 0.4) is 0 Å². The molecule has 0 unspecified atom stereocenters. The maximum absolute atomic E-state index is 13.6. The number of halogens is 2. The van der Waals surface area contributed by atoms with E-state index < -0.39 is 11.7 Å². The molecular weight excluding hydrogens is 317 g/mol. The van der Waals surface area contributed by atoms with Gasteiger partial charge in [0.1, 0.15) is 18.2 Å². The number of rotatable bonds is 6. The number of benzene rings is 2. The summed E-state index contributed by atoms with van der Waals surface area (Å²) in [5.74, 6) is 0.0272. The van der Waals surface area contributed by atoms with Crippen molar-refractivity contribution in [1.82, 2.24) is 5.32 Å². The van der Waals surface area contributed by atoms with Crippen molar-refractivity contribution in [3.05, 3.63) is 64.4 Å². The summed E-state index contributed by atoms with van der Waals surface area (Å²) in [6.07, 6.45) is 0. The lowest BCUT2D eigenvalue weighted by atomic mass is 10.0. The molecule has 3 nitrogen and oxygen atoms in total. The highest BCUT2D eigenvalue weighted by Gasteiger charge is 2.12. The molecule has 0 fully saturated rings. The van der Waals surface area contributed by atoms with Crippen LogP contribution in [-0.2, 0) is 0 Å². The molecule has 0 saturated heterocycles. The summed E-state index contributed by atoms with van der Waals surface area (Å²) >= 11 is 5.66. The van der Waals surface area contributed by atoms with Crippen molar-refractivity contribution in [2.45, 2.75) is 19.8 Å². The largest absolute Gasteiger partial charge is 0.491 e. The van der Waals surface area contributed by atoms with Gasteiger partial charge in [0, 0.05) is 5.02 Å². The van der Waals surface area contributed by atoms with Crippen LogP contribution in [0.1, 0.15) is 35.7 Å². The monoisotopic (exact) mass is 335 g/mol. The van der Waals surface area contributed by atoms with Gasteiger partial charge in [0.05, 0.1) is 12.1 Å². The molecule has 2 aromatic carbocycles. The van der Waals surface area contributed by atoms with Gasteiger partial charge in [-0.05, 0) is 35.7 Å². The van der Waals surface area contributed by atoms with Crippen LogP contribution in [0.2, 0.25) is 5.02 Å². The number of para-hydroxylation sites is 1. The standard InChI is InChI=1S/C18H19ClFNO2/c1-12(2)14-5-3-4-6-17(14)23-10-9-21-18(22)15-8-7-13(19)11-16(15)20/h3-8,11-12H,9-10H2,1-2H3,(H,21,22). The van der Waals surface area contributed by atoms with E-state index in [2.05, 4.69) is 19.2 Å². The van der Waals surface area contributed by atoms with Crippen molar-refractivity contribution >= 4 is 17.5 Å². The Bertz CT molecular complexity index is 688. The first kappa shape index (κ1) is 17.3. The first-order chi connectivity index (χ1) is 11.0. The Hall–Kier alpha value is -2.07. The van der Waals surface area contributed by atoms with Crippen molar-refractivity contribution < 1.29 is 13.9 Å². The molecule has 122 valence electrons. The quantitative estimate of drug-likeness (QED) is 0.794. The van der Waals surface area contributed by atoms with E-state index in [1.807, 2.05) is 24.3 Å². The summed E-state index contributed by atoms with van der Waals surface area (Å²) in [5.41, 5.74) is 1.08. The van der Waals surface area contributed by atoms with Gasteiger partial charge in [-0.1, -0.05) is 43.6 Å². The summed E-state index contributed by atoms with van der Waals surface area (Å²) in [6.45, 7) is 4.78. The van der Waals surface area contributed by atoms with Crippen molar-refractivity contribution in [2.75, 3.05) is 13.2 Å². The van der Waals surface area contributed by atoms with E-state index in [1.165, 1.54) is 12.1 Å². The zero-order valence-corrected chi connectivity index (χ0v) is 13.9. The summed E-state index contributed by atoms with van der Waals surface area (Å²) in [7, 11) is 0. The second-order valence-corrected chi connectivity index (χ2v) is 5.86. The van der Waals surface area contributed by atoms with Crippen molar-refractivity contribution in [2.24, 2.45) is 0 Å². The molecule has 0 spiro atoms. The number of nitrogens with one attached hydrogen (secondary N) is 1. The van der Waals surface area contributed by atoms with Crippen molar-refractivity contribution in [3.63, 3.8) is 0 Å². The smallest absolute Gasteiger partial charge is 0.254 e. The highest BCUT2D eigenvalue weighted by molar-refractivity contribution is 6.30. The van der Waals surface area contributed by atoms with Gasteiger partial charge in [-0.25, -0.2) is 4.39 Å². The van der Waals surface area contributed by atoms with Gasteiger partial charge in [-0.2, -0.15) is 0 Å². The summed E-state index contributed by atoms with van der Waals surface area (Å²) < 4.78 is 19.3. The Kier molecular flexibility index (Phi) is 5.99. The lowest BCUT2D eigenvalue weighted by molar-refractivity contribution is 0.0943. The zero-order valence-electron chi connectivity index (χ0n) is 13.1. The molecule has 0 saturated carbocycles. The van der Waals surface area contributed by atoms with Crippen LogP contribution in [0.5, 0.6) is 5.75 Å². The fourth-order valence-corrected chi connectivity index (χ4v) is 2.34. The lowest BCUT2D eigenvalue weighted by Gasteiger charge is -2.14. The Balaban J connectivity index is 1.87. The minimum atomic E-state index is -0.638. The summed E-state index contributed by atoms with van der Waals surface area (Å²) in [5, 5.41) is 2.89. The van der Waals surface area contributed by atoms with E-state index in [0.29, 0.717) is 12.5 Å². The van der Waals surface area contributed by atoms with Crippen LogP contribution in [0.15, 0.2) is 42.5 Å². The molecule has 2 rings (SSSR count). The number of carbonyl (C=O) groups excluding carboxylic acids is 1. The van der Waals surface area contributed by atoms with Crippen LogP contribution in [0, 0.1) is 5.82 Å². The van der Waals surface area contributed by atoms with E-state index in [9.17, 15) is 9.18 Å². The second-order valence-electron chi connectivity index (χ2n) is 5.42. The van der Waals surface area contributed by atoms with Gasteiger partial charge in [0.15, 0.2) is 0 Å². The number of amides is 1. The van der Waals surface area contributed by atoms with Crippen LogP contribution in [0.25, 0.3) is 0 Å². The number of carbonyl (C=O) groups is 1. The van der Waals surface area contributed by atoms with Gasteiger partial charge < -0.3 is 10.1 Å². The second kappa shape index (κ2) is 7.97. The summed E-state index contributed by atoms with van der Waals surface area (Å²) in [6, 6.07) is 11.7. The predicted octanol–water partition coefficient (Wildman–Crippen LogP) is 4.41. The maximum atomic E-state index is 13.6. The molecule has 1 amide bonds. The van der Waals surface area contributed by atoms with E-state index in [1.54, 1.807) is 0 Å². The normalized spacial score (nSPS) is 10.7. The molecule has 0 radical (unpaired) electrons. The van der Waals surface area contributed by atoms with Crippen LogP contribution in [0.4, 0.5) is 4.39 Å². The molecule has 0 atom stereocenters. The molecule has 5 heteroatoms. The molecule has 0 aliphatic carbocycles. The van der Waals surface area contributed by atoms with Gasteiger partial charge >= 0.3 is 0 Å². The number of ether oxygens (including phenoxy) is 1. The number of hydrogen-bond donors (Lipinski definition) is 1. The zero-order chi connectivity index (χ0) is 16.8. The van der Waals surface area contributed by atoms with Crippen LogP contribution < -0.4 is 10.1 Å². The van der Waals surface area contributed by atoms with Gasteiger partial charge in [-0.3, -0.25) is 4.79 Å². The van der Waals surface area contributed by atoms with E-state index in [-0.39, 0.29) is 17.1 Å². The molecule has 0 heterocycles. The minimum absolute atomic E-state index is 0.0306. The Morgan fingerprint density at radius 1 is 1.26 bits per heavy atom.